The Kier molecular flexibility index (Phi) is 9.47. The van der Waals surface area contributed by atoms with Crippen LogP contribution in [0.2, 0.25) is 0 Å². The van der Waals surface area contributed by atoms with Gasteiger partial charge in [-0.2, -0.15) is 11.8 Å². The molecule has 2 aliphatic carbocycles. The van der Waals surface area contributed by atoms with Crippen molar-refractivity contribution >= 4 is 11.8 Å². The predicted octanol–water partition coefficient (Wildman–Crippen LogP) is 5.15. The van der Waals surface area contributed by atoms with Gasteiger partial charge in [-0.15, -0.1) is 0 Å². The van der Waals surface area contributed by atoms with E-state index in [0.717, 1.165) is 34.7 Å². The molecule has 164 valence electrons. The van der Waals surface area contributed by atoms with Crippen LogP contribution < -0.4 is 5.32 Å². The van der Waals surface area contributed by atoms with E-state index in [2.05, 4.69) is 40.7 Å². The molecule has 0 aromatic heterocycles. The van der Waals surface area contributed by atoms with E-state index < -0.39 is 0 Å². The highest BCUT2D eigenvalue weighted by Crippen LogP contribution is 2.43. The highest BCUT2D eigenvalue weighted by atomic mass is 32.2. The van der Waals surface area contributed by atoms with Crippen LogP contribution in [0.1, 0.15) is 91.9 Å². The third-order valence-corrected chi connectivity index (χ3v) is 9.24. The fourth-order valence-corrected chi connectivity index (χ4v) is 8.14. The van der Waals surface area contributed by atoms with Crippen LogP contribution in [0.4, 0.5) is 0 Å². The highest BCUT2D eigenvalue weighted by molar-refractivity contribution is 8.00. The first-order valence-corrected chi connectivity index (χ1v) is 13.6. The van der Waals surface area contributed by atoms with E-state index in [0.29, 0.717) is 0 Å². The second-order valence-corrected chi connectivity index (χ2v) is 10.8. The van der Waals surface area contributed by atoms with Gasteiger partial charge in [0.2, 0.25) is 0 Å². The third kappa shape index (κ3) is 5.47. The molecule has 0 spiro atoms. The molecular formula is C24H47N3S. The Labute approximate surface area is 179 Å². The average Bonchev–Trinajstić information content (AvgIpc) is 3.28. The van der Waals surface area contributed by atoms with Crippen molar-refractivity contribution in [3.63, 3.8) is 0 Å². The summed E-state index contributed by atoms with van der Waals surface area (Å²) in [6.07, 6.45) is 14.0. The summed E-state index contributed by atoms with van der Waals surface area (Å²) in [4.78, 5) is 5.63. The zero-order chi connectivity index (χ0) is 19.9. The summed E-state index contributed by atoms with van der Waals surface area (Å²) in [6.45, 7) is 14.0. The minimum Gasteiger partial charge on any atom is -0.309 e. The Hall–Kier alpha value is 0.230. The molecule has 28 heavy (non-hydrogen) atoms. The lowest BCUT2D eigenvalue weighted by Crippen LogP contribution is -2.60. The smallest absolute Gasteiger partial charge is 0.0219 e. The maximum Gasteiger partial charge on any atom is 0.0219 e. The summed E-state index contributed by atoms with van der Waals surface area (Å²) >= 11 is 2.40. The van der Waals surface area contributed by atoms with Gasteiger partial charge < -0.3 is 15.1 Å². The number of nitrogens with one attached hydrogen (secondary N) is 1. The molecule has 0 aromatic carbocycles. The van der Waals surface area contributed by atoms with Gasteiger partial charge in [0.05, 0.1) is 0 Å². The van der Waals surface area contributed by atoms with E-state index in [1.165, 1.54) is 90.4 Å². The molecular weight excluding hydrogens is 362 g/mol. The highest BCUT2D eigenvalue weighted by Gasteiger charge is 2.44. The molecule has 3 nitrogen and oxygen atoms in total. The Balaban J connectivity index is 0.00000109. The number of nitrogens with zero attached hydrogens (tertiary/aromatic N) is 2. The molecule has 4 aliphatic rings. The van der Waals surface area contributed by atoms with Crippen molar-refractivity contribution in [3.8, 4) is 0 Å². The Morgan fingerprint density at radius 2 is 1.46 bits per heavy atom. The van der Waals surface area contributed by atoms with E-state index >= 15 is 0 Å². The Morgan fingerprint density at radius 1 is 0.857 bits per heavy atom. The van der Waals surface area contributed by atoms with Gasteiger partial charge in [-0.1, -0.05) is 27.7 Å². The lowest BCUT2D eigenvalue weighted by Gasteiger charge is -2.51. The second-order valence-electron chi connectivity index (χ2n) is 9.31. The first-order valence-electron chi connectivity index (χ1n) is 12.7. The summed E-state index contributed by atoms with van der Waals surface area (Å²) in [5.74, 6) is 0. The summed E-state index contributed by atoms with van der Waals surface area (Å²) in [5.41, 5.74) is 0. The molecule has 2 saturated heterocycles. The topological polar surface area (TPSA) is 18.5 Å². The van der Waals surface area contributed by atoms with E-state index in [1.807, 2.05) is 13.8 Å². The molecule has 4 rings (SSSR count). The molecule has 1 N–H and O–H groups in total. The van der Waals surface area contributed by atoms with Gasteiger partial charge in [-0.25, -0.2) is 0 Å². The van der Waals surface area contributed by atoms with Crippen molar-refractivity contribution in [2.75, 3.05) is 26.2 Å². The fourth-order valence-electron chi connectivity index (χ4n) is 6.22. The van der Waals surface area contributed by atoms with Crippen LogP contribution in [-0.4, -0.2) is 70.6 Å². The van der Waals surface area contributed by atoms with Gasteiger partial charge in [0, 0.05) is 34.7 Å². The molecule has 6 atom stereocenters. The van der Waals surface area contributed by atoms with Crippen LogP contribution in [-0.2, 0) is 0 Å². The fraction of sp³-hybridized carbons (Fsp3) is 1.00. The standard InChI is InChI=1S/C22H41N3S.C2H6/c1-3-11-24(12-4-2)17-7-9-19-21(15-17)26-22-16-18(8-10-20(22)23-19)25-13-5-6-14-25;1-2/h17-23H,3-16H2,1-2H3;1-2H3. The normalized spacial score (nSPS) is 38.5. The zero-order valence-corrected chi connectivity index (χ0v) is 20.0. The number of hydrogen-bond acceptors (Lipinski definition) is 4. The average molecular weight is 410 g/mol. The number of rotatable bonds is 6. The maximum absolute atomic E-state index is 4.13. The second kappa shape index (κ2) is 11.6. The molecule has 2 aliphatic heterocycles. The summed E-state index contributed by atoms with van der Waals surface area (Å²) in [5, 5.41) is 5.87. The molecule has 6 unspecified atom stereocenters. The van der Waals surface area contributed by atoms with Gasteiger partial charge in [-0.3, -0.25) is 0 Å². The molecule has 0 radical (unpaired) electrons. The van der Waals surface area contributed by atoms with Crippen LogP contribution in [0.15, 0.2) is 0 Å². The molecule has 0 bridgehead atoms. The zero-order valence-electron chi connectivity index (χ0n) is 19.2. The van der Waals surface area contributed by atoms with Crippen molar-refractivity contribution in [2.24, 2.45) is 0 Å². The van der Waals surface area contributed by atoms with E-state index in [9.17, 15) is 0 Å². The van der Waals surface area contributed by atoms with E-state index in [4.69, 9.17) is 0 Å². The van der Waals surface area contributed by atoms with Gasteiger partial charge in [-0.05, 0) is 90.4 Å². The minimum absolute atomic E-state index is 0.797. The van der Waals surface area contributed by atoms with Crippen LogP contribution in [0.25, 0.3) is 0 Å². The predicted molar refractivity (Wildman–Crippen MR) is 125 cm³/mol. The SMILES string of the molecule is CC.CCCN(CCC)C1CCC2NC3CCC(N4CCCC4)CC3SC2C1. The number of thioether (sulfide) groups is 1. The Morgan fingerprint density at radius 3 is 2.11 bits per heavy atom. The van der Waals surface area contributed by atoms with Crippen molar-refractivity contribution in [1.82, 2.24) is 15.1 Å². The van der Waals surface area contributed by atoms with E-state index in [-0.39, 0.29) is 0 Å². The quantitative estimate of drug-likeness (QED) is 0.654. The summed E-state index contributed by atoms with van der Waals surface area (Å²) in [6, 6.07) is 3.34. The first-order chi connectivity index (χ1) is 13.8. The molecule has 4 heteroatoms. The summed E-state index contributed by atoms with van der Waals surface area (Å²) < 4.78 is 0. The lowest BCUT2D eigenvalue weighted by atomic mass is 9.85. The van der Waals surface area contributed by atoms with Gasteiger partial charge >= 0.3 is 0 Å². The van der Waals surface area contributed by atoms with Crippen molar-refractivity contribution in [2.45, 2.75) is 127 Å². The van der Waals surface area contributed by atoms with Gasteiger partial charge in [0.25, 0.3) is 0 Å². The number of likely N-dealkylation sites (tertiary alicyclic amines) is 1. The monoisotopic (exact) mass is 409 g/mol. The molecule has 2 heterocycles. The van der Waals surface area contributed by atoms with Crippen LogP contribution in [0.3, 0.4) is 0 Å². The van der Waals surface area contributed by atoms with Gasteiger partial charge in [0.1, 0.15) is 0 Å². The third-order valence-electron chi connectivity index (χ3n) is 7.50. The maximum atomic E-state index is 4.13. The van der Waals surface area contributed by atoms with Crippen LogP contribution >= 0.6 is 11.8 Å². The summed E-state index contributed by atoms with van der Waals surface area (Å²) in [7, 11) is 0. The first kappa shape index (κ1) is 22.9. The number of hydrogen-bond donors (Lipinski definition) is 1. The molecule has 0 aromatic rings. The lowest BCUT2D eigenvalue weighted by molar-refractivity contribution is 0.129. The van der Waals surface area contributed by atoms with Crippen molar-refractivity contribution in [3.05, 3.63) is 0 Å². The molecule has 2 saturated carbocycles. The number of fused-ring (bicyclic) bond motifs is 2. The van der Waals surface area contributed by atoms with E-state index in [1.54, 1.807) is 0 Å². The minimum atomic E-state index is 0.797. The molecule has 0 amide bonds. The van der Waals surface area contributed by atoms with Crippen molar-refractivity contribution in [1.29, 1.82) is 0 Å². The van der Waals surface area contributed by atoms with Crippen LogP contribution in [0.5, 0.6) is 0 Å². The largest absolute Gasteiger partial charge is 0.309 e. The molecule has 4 fully saturated rings. The van der Waals surface area contributed by atoms with Crippen LogP contribution in [0, 0.1) is 0 Å². The van der Waals surface area contributed by atoms with Gasteiger partial charge in [0.15, 0.2) is 0 Å². The van der Waals surface area contributed by atoms with Crippen molar-refractivity contribution < 1.29 is 0 Å². The Bertz CT molecular complexity index is 434.